The van der Waals surface area contributed by atoms with Crippen LogP contribution in [0.15, 0.2) is 93.7 Å². The van der Waals surface area contributed by atoms with Gasteiger partial charge in [0.2, 0.25) is 0 Å². The predicted molar refractivity (Wildman–Crippen MR) is 134 cm³/mol. The number of allylic oxidation sites excluding steroid dienone is 6. The van der Waals surface area contributed by atoms with Gasteiger partial charge in [-0.05, 0) is 50.9 Å². The first kappa shape index (κ1) is 30.2. The van der Waals surface area contributed by atoms with Gasteiger partial charge < -0.3 is 4.90 Å². The Labute approximate surface area is 176 Å². The van der Waals surface area contributed by atoms with Crippen LogP contribution in [0.3, 0.4) is 0 Å². The van der Waals surface area contributed by atoms with Gasteiger partial charge in [-0.3, -0.25) is 0 Å². The summed E-state index contributed by atoms with van der Waals surface area (Å²) in [4.78, 5) is 2.25. The number of hydrogen-bond donors (Lipinski definition) is 0. The van der Waals surface area contributed by atoms with E-state index in [9.17, 15) is 0 Å². The zero-order valence-electron chi connectivity index (χ0n) is 19.1. The second-order valence-corrected chi connectivity index (χ2v) is 5.54. The number of likely N-dealkylation sites (tertiary alicyclic amines) is 1. The molecular formula is C27H43N. The standard InChI is InChI=1S/C14H16.C6H11N.C3H6.C2H6.C2H4/c1-4-6-7-13(5-2)14-10-8-12(3)9-11-14;1-2-7-5-3-4-6-7;1-3-2;2*1-2/h4-11H,1H2,2-3H3;2H,1,3-6H2;3H,1H2,2H3;1-2H3;1-2H2/b7-6-,13-5+;;;;. The summed E-state index contributed by atoms with van der Waals surface area (Å²) >= 11 is 0. The molecule has 0 spiro atoms. The van der Waals surface area contributed by atoms with Crippen LogP contribution in [0.25, 0.3) is 5.57 Å². The Morgan fingerprint density at radius 3 is 1.71 bits per heavy atom. The summed E-state index contributed by atoms with van der Waals surface area (Å²) < 4.78 is 0. The van der Waals surface area contributed by atoms with Gasteiger partial charge in [0.15, 0.2) is 0 Å². The fraction of sp³-hybridized carbons (Fsp3) is 0.333. The molecule has 0 N–H and O–H groups in total. The fourth-order valence-electron chi connectivity index (χ4n) is 2.20. The smallest absolute Gasteiger partial charge is 0.0172 e. The lowest BCUT2D eigenvalue weighted by Crippen LogP contribution is -2.08. The number of hydrogen-bond acceptors (Lipinski definition) is 1. The van der Waals surface area contributed by atoms with E-state index in [1.165, 1.54) is 42.6 Å². The zero-order valence-corrected chi connectivity index (χ0v) is 19.1. The van der Waals surface area contributed by atoms with Crippen molar-refractivity contribution >= 4 is 5.57 Å². The maximum absolute atomic E-state index is 3.67. The molecule has 0 aliphatic carbocycles. The van der Waals surface area contributed by atoms with Crippen LogP contribution in [-0.2, 0) is 0 Å². The van der Waals surface area contributed by atoms with Gasteiger partial charge in [-0.15, -0.1) is 19.7 Å². The average Bonchev–Trinajstić information content (AvgIpc) is 3.28. The minimum Gasteiger partial charge on any atom is -0.378 e. The van der Waals surface area contributed by atoms with E-state index < -0.39 is 0 Å². The quantitative estimate of drug-likeness (QED) is 0.374. The summed E-state index contributed by atoms with van der Waals surface area (Å²) in [6, 6.07) is 8.53. The van der Waals surface area contributed by atoms with Crippen LogP contribution in [-0.4, -0.2) is 18.0 Å². The summed E-state index contributed by atoms with van der Waals surface area (Å²) in [7, 11) is 0. The van der Waals surface area contributed by atoms with Crippen LogP contribution in [0.1, 0.15) is 51.7 Å². The summed E-state index contributed by atoms with van der Waals surface area (Å²) in [5, 5.41) is 0. The minimum absolute atomic E-state index is 1.23. The maximum atomic E-state index is 3.67. The molecule has 0 unspecified atom stereocenters. The van der Waals surface area contributed by atoms with Gasteiger partial charge in [0.25, 0.3) is 0 Å². The van der Waals surface area contributed by atoms with Crippen LogP contribution in [0, 0.1) is 6.92 Å². The molecule has 1 heteroatoms. The molecule has 1 saturated heterocycles. The van der Waals surface area contributed by atoms with E-state index in [4.69, 9.17) is 0 Å². The summed E-state index contributed by atoms with van der Waals surface area (Å²) in [5.41, 5.74) is 3.76. The molecule has 28 heavy (non-hydrogen) atoms. The molecular weight excluding hydrogens is 338 g/mol. The molecule has 1 heterocycles. The van der Waals surface area contributed by atoms with Crippen LogP contribution in [0.2, 0.25) is 0 Å². The fourth-order valence-corrected chi connectivity index (χ4v) is 2.20. The SMILES string of the molecule is C=C.C=C/C=C\C(=C/C)c1ccc(C)cc1.C=CC.C=CN1CCCC1.CC. The molecule has 1 aliphatic heterocycles. The summed E-state index contributed by atoms with van der Waals surface area (Å²) in [5.74, 6) is 0. The molecule has 1 aromatic carbocycles. The van der Waals surface area contributed by atoms with Crippen LogP contribution in [0.4, 0.5) is 0 Å². The highest BCUT2D eigenvalue weighted by atomic mass is 15.1. The van der Waals surface area contributed by atoms with Crippen molar-refractivity contribution in [2.24, 2.45) is 0 Å². The van der Waals surface area contributed by atoms with Crippen molar-refractivity contribution in [3.05, 3.63) is 105 Å². The molecule has 1 aliphatic rings. The molecule has 1 fully saturated rings. The Morgan fingerprint density at radius 2 is 1.39 bits per heavy atom. The van der Waals surface area contributed by atoms with Gasteiger partial charge in [0.05, 0.1) is 0 Å². The normalized spacial score (nSPS) is 11.9. The summed E-state index contributed by atoms with van der Waals surface area (Å²) in [6.45, 7) is 29.2. The van der Waals surface area contributed by atoms with E-state index in [2.05, 4.69) is 81.1 Å². The molecule has 0 radical (unpaired) electrons. The van der Waals surface area contributed by atoms with Gasteiger partial charge in [0.1, 0.15) is 0 Å². The first-order valence-electron chi connectivity index (χ1n) is 10.1. The molecule has 0 bridgehead atoms. The minimum atomic E-state index is 1.23. The molecule has 156 valence electrons. The van der Waals surface area contributed by atoms with Gasteiger partial charge in [-0.2, -0.15) is 0 Å². The molecule has 1 aromatic rings. The zero-order chi connectivity index (χ0) is 22.2. The molecule has 2 rings (SSSR count). The average molecular weight is 382 g/mol. The lowest BCUT2D eigenvalue weighted by atomic mass is 10.0. The van der Waals surface area contributed by atoms with E-state index in [0.29, 0.717) is 0 Å². The monoisotopic (exact) mass is 381 g/mol. The molecule has 0 aromatic heterocycles. The molecule has 0 amide bonds. The second-order valence-electron chi connectivity index (χ2n) is 5.54. The Hall–Kier alpha value is -2.54. The highest BCUT2D eigenvalue weighted by Gasteiger charge is 2.04. The van der Waals surface area contributed by atoms with Crippen molar-refractivity contribution in [1.29, 1.82) is 0 Å². The number of nitrogens with zero attached hydrogens (tertiary/aromatic N) is 1. The third-order valence-corrected chi connectivity index (χ3v) is 3.51. The number of benzene rings is 1. The third kappa shape index (κ3) is 16.9. The first-order valence-corrected chi connectivity index (χ1v) is 10.1. The Morgan fingerprint density at radius 1 is 0.929 bits per heavy atom. The summed E-state index contributed by atoms with van der Waals surface area (Å²) in [6.07, 6.45) is 14.3. The first-order chi connectivity index (χ1) is 13.6. The van der Waals surface area contributed by atoms with Crippen molar-refractivity contribution < 1.29 is 0 Å². The van der Waals surface area contributed by atoms with E-state index in [1.807, 2.05) is 40.0 Å². The van der Waals surface area contributed by atoms with Crippen molar-refractivity contribution in [3.8, 4) is 0 Å². The third-order valence-electron chi connectivity index (χ3n) is 3.51. The van der Waals surface area contributed by atoms with Crippen molar-refractivity contribution in [2.75, 3.05) is 13.1 Å². The van der Waals surface area contributed by atoms with Crippen LogP contribution in [0.5, 0.6) is 0 Å². The lowest BCUT2D eigenvalue weighted by molar-refractivity contribution is 0.469. The second kappa shape index (κ2) is 24.5. The van der Waals surface area contributed by atoms with Crippen molar-refractivity contribution in [3.63, 3.8) is 0 Å². The van der Waals surface area contributed by atoms with E-state index >= 15 is 0 Å². The Balaban J connectivity index is -0.000000373. The highest BCUT2D eigenvalue weighted by Crippen LogP contribution is 2.16. The lowest BCUT2D eigenvalue weighted by Gasteiger charge is -2.07. The molecule has 0 atom stereocenters. The van der Waals surface area contributed by atoms with E-state index in [1.54, 1.807) is 12.2 Å². The van der Waals surface area contributed by atoms with E-state index in [0.717, 1.165) is 0 Å². The predicted octanol–water partition coefficient (Wildman–Crippen LogP) is 8.39. The largest absolute Gasteiger partial charge is 0.378 e. The Kier molecular flexibility index (Phi) is 26.4. The number of rotatable bonds is 4. The van der Waals surface area contributed by atoms with Gasteiger partial charge in [-0.1, -0.05) is 87.2 Å². The van der Waals surface area contributed by atoms with Crippen molar-refractivity contribution in [2.45, 2.75) is 47.5 Å². The van der Waals surface area contributed by atoms with Gasteiger partial charge >= 0.3 is 0 Å². The van der Waals surface area contributed by atoms with Gasteiger partial charge in [0, 0.05) is 13.1 Å². The van der Waals surface area contributed by atoms with Crippen molar-refractivity contribution in [1.82, 2.24) is 4.90 Å². The maximum Gasteiger partial charge on any atom is 0.0172 e. The molecule has 0 saturated carbocycles. The highest BCUT2D eigenvalue weighted by molar-refractivity contribution is 5.74. The number of aryl methyl sites for hydroxylation is 1. The Bertz CT molecular complexity index is 540. The van der Waals surface area contributed by atoms with Crippen LogP contribution < -0.4 is 0 Å². The topological polar surface area (TPSA) is 3.24 Å². The molecule has 1 nitrogen and oxygen atoms in total. The van der Waals surface area contributed by atoms with Crippen LogP contribution >= 0.6 is 0 Å². The van der Waals surface area contributed by atoms with E-state index in [-0.39, 0.29) is 0 Å². The van der Waals surface area contributed by atoms with Gasteiger partial charge in [-0.25, -0.2) is 0 Å².